The number of aryl methyl sites for hydroxylation is 1. The number of sulfone groups is 1. The summed E-state index contributed by atoms with van der Waals surface area (Å²) in [6.07, 6.45) is 4.75. The number of nitrogens with one attached hydrogen (secondary N) is 1. The van der Waals surface area contributed by atoms with Gasteiger partial charge >= 0.3 is 0 Å². The van der Waals surface area contributed by atoms with Gasteiger partial charge in [0.1, 0.15) is 0 Å². The van der Waals surface area contributed by atoms with Gasteiger partial charge in [-0.25, -0.2) is 8.42 Å². The van der Waals surface area contributed by atoms with E-state index in [1.807, 2.05) is 26.1 Å². The maximum Gasteiger partial charge on any atom is 0.179 e. The topological polar surface area (TPSA) is 46.2 Å². The fourth-order valence-corrected chi connectivity index (χ4v) is 4.71. The van der Waals surface area contributed by atoms with Crippen molar-refractivity contribution in [1.82, 2.24) is 5.32 Å². The Labute approximate surface area is 116 Å². The maximum atomic E-state index is 12.5. The second-order valence-corrected chi connectivity index (χ2v) is 7.57. The summed E-state index contributed by atoms with van der Waals surface area (Å²) in [5.41, 5.74) is 0.989. The van der Waals surface area contributed by atoms with Crippen LogP contribution >= 0.6 is 0 Å². The quantitative estimate of drug-likeness (QED) is 0.902. The Kier molecular flexibility index (Phi) is 4.63. The molecule has 19 heavy (non-hydrogen) atoms. The Balaban J connectivity index is 2.15. The minimum atomic E-state index is -3.19. The molecule has 1 saturated carbocycles. The van der Waals surface area contributed by atoms with Crippen molar-refractivity contribution in [1.29, 1.82) is 0 Å². The Morgan fingerprint density at radius 2 is 2.00 bits per heavy atom. The van der Waals surface area contributed by atoms with Crippen molar-refractivity contribution in [3.05, 3.63) is 29.8 Å². The monoisotopic (exact) mass is 281 g/mol. The molecule has 1 N–H and O–H groups in total. The first-order valence-corrected chi connectivity index (χ1v) is 8.65. The summed E-state index contributed by atoms with van der Waals surface area (Å²) in [6, 6.07) is 7.27. The van der Waals surface area contributed by atoms with Crippen molar-refractivity contribution in [3.63, 3.8) is 0 Å². The molecule has 1 aliphatic rings. The summed E-state index contributed by atoms with van der Waals surface area (Å²) >= 11 is 0. The number of benzene rings is 1. The van der Waals surface area contributed by atoms with Crippen molar-refractivity contribution in [2.45, 2.75) is 43.5 Å². The van der Waals surface area contributed by atoms with Crippen molar-refractivity contribution in [2.75, 3.05) is 12.8 Å². The summed E-state index contributed by atoms with van der Waals surface area (Å²) in [6.45, 7) is 1.92. The van der Waals surface area contributed by atoms with Crippen LogP contribution in [0.25, 0.3) is 0 Å². The van der Waals surface area contributed by atoms with Crippen LogP contribution in [0.5, 0.6) is 0 Å². The van der Waals surface area contributed by atoms with Gasteiger partial charge in [0.05, 0.1) is 10.6 Å². The van der Waals surface area contributed by atoms with Crippen LogP contribution in [-0.4, -0.2) is 27.3 Å². The summed E-state index contributed by atoms with van der Waals surface area (Å²) in [5, 5.41) is 3.21. The molecule has 1 atom stereocenters. The van der Waals surface area contributed by atoms with Gasteiger partial charge in [-0.15, -0.1) is 0 Å². The SMILES string of the molecule is CNC(CS(=O)(=O)c1cccc(C)c1)C1CCCC1. The minimum absolute atomic E-state index is 0.0769. The predicted octanol–water partition coefficient (Wildman–Crippen LogP) is 2.55. The van der Waals surface area contributed by atoms with Crippen LogP contribution in [-0.2, 0) is 9.84 Å². The maximum absolute atomic E-state index is 12.5. The average molecular weight is 281 g/mol. The van der Waals surface area contributed by atoms with Gasteiger partial charge in [-0.05, 0) is 50.4 Å². The van der Waals surface area contributed by atoms with E-state index in [-0.39, 0.29) is 11.8 Å². The smallest absolute Gasteiger partial charge is 0.179 e. The van der Waals surface area contributed by atoms with Gasteiger partial charge in [0, 0.05) is 6.04 Å². The van der Waals surface area contributed by atoms with E-state index in [9.17, 15) is 8.42 Å². The molecule has 3 nitrogen and oxygen atoms in total. The van der Waals surface area contributed by atoms with Gasteiger partial charge in [-0.3, -0.25) is 0 Å². The fourth-order valence-electron chi connectivity index (χ4n) is 2.96. The van der Waals surface area contributed by atoms with E-state index in [2.05, 4.69) is 5.32 Å². The number of hydrogen-bond acceptors (Lipinski definition) is 3. The average Bonchev–Trinajstić information content (AvgIpc) is 2.90. The molecule has 1 aromatic rings. The molecule has 0 aromatic heterocycles. The Morgan fingerprint density at radius 1 is 1.32 bits per heavy atom. The lowest BCUT2D eigenvalue weighted by Gasteiger charge is -2.22. The van der Waals surface area contributed by atoms with E-state index >= 15 is 0 Å². The third-order valence-corrected chi connectivity index (χ3v) is 5.86. The molecular weight excluding hydrogens is 258 g/mol. The minimum Gasteiger partial charge on any atom is -0.316 e. The van der Waals surface area contributed by atoms with Crippen molar-refractivity contribution >= 4 is 9.84 Å². The third-order valence-electron chi connectivity index (χ3n) is 4.09. The molecule has 1 fully saturated rings. The highest BCUT2D eigenvalue weighted by Crippen LogP contribution is 2.29. The number of hydrogen-bond donors (Lipinski definition) is 1. The molecule has 0 amide bonds. The van der Waals surface area contributed by atoms with Crippen LogP contribution < -0.4 is 5.32 Å². The lowest BCUT2D eigenvalue weighted by atomic mass is 10.0. The molecule has 2 rings (SSSR count). The Morgan fingerprint density at radius 3 is 2.58 bits per heavy atom. The van der Waals surface area contributed by atoms with E-state index in [1.165, 1.54) is 12.8 Å². The van der Waals surface area contributed by atoms with Crippen LogP contribution in [0.2, 0.25) is 0 Å². The zero-order chi connectivity index (χ0) is 13.9. The van der Waals surface area contributed by atoms with Gasteiger partial charge < -0.3 is 5.32 Å². The largest absolute Gasteiger partial charge is 0.316 e. The zero-order valence-corrected chi connectivity index (χ0v) is 12.5. The van der Waals surface area contributed by atoms with E-state index in [0.717, 1.165) is 18.4 Å². The van der Waals surface area contributed by atoms with Crippen molar-refractivity contribution < 1.29 is 8.42 Å². The highest BCUT2D eigenvalue weighted by Gasteiger charge is 2.28. The molecular formula is C15H23NO2S. The summed E-state index contributed by atoms with van der Waals surface area (Å²) < 4.78 is 24.9. The van der Waals surface area contributed by atoms with Crippen LogP contribution in [0.3, 0.4) is 0 Å². The molecule has 4 heteroatoms. The second-order valence-electron chi connectivity index (χ2n) is 5.54. The van der Waals surface area contributed by atoms with Gasteiger partial charge in [-0.1, -0.05) is 25.0 Å². The molecule has 106 valence electrons. The third kappa shape index (κ3) is 3.57. The molecule has 0 heterocycles. The van der Waals surface area contributed by atoms with E-state index in [4.69, 9.17) is 0 Å². The second kappa shape index (κ2) is 6.06. The Hall–Kier alpha value is -0.870. The van der Waals surface area contributed by atoms with Crippen LogP contribution in [0.4, 0.5) is 0 Å². The lowest BCUT2D eigenvalue weighted by Crippen LogP contribution is -2.38. The first kappa shape index (κ1) is 14.5. The van der Waals surface area contributed by atoms with Gasteiger partial charge in [0.25, 0.3) is 0 Å². The zero-order valence-electron chi connectivity index (χ0n) is 11.7. The summed E-state index contributed by atoms with van der Waals surface area (Å²) in [4.78, 5) is 0.450. The molecule has 1 aliphatic carbocycles. The molecule has 1 aromatic carbocycles. The van der Waals surface area contributed by atoms with Gasteiger partial charge in [-0.2, -0.15) is 0 Å². The summed E-state index contributed by atoms with van der Waals surface area (Å²) in [7, 11) is -1.32. The molecule has 0 saturated heterocycles. The normalized spacial score (nSPS) is 18.6. The van der Waals surface area contributed by atoms with Crippen LogP contribution in [0.15, 0.2) is 29.2 Å². The Bertz CT molecular complexity index is 519. The fraction of sp³-hybridized carbons (Fsp3) is 0.600. The van der Waals surface area contributed by atoms with Crippen LogP contribution in [0.1, 0.15) is 31.2 Å². The van der Waals surface area contributed by atoms with E-state index < -0.39 is 9.84 Å². The lowest BCUT2D eigenvalue weighted by molar-refractivity contribution is 0.404. The number of rotatable bonds is 5. The van der Waals surface area contributed by atoms with E-state index in [1.54, 1.807) is 12.1 Å². The molecule has 0 bridgehead atoms. The summed E-state index contributed by atoms with van der Waals surface area (Å²) in [5.74, 6) is 0.710. The van der Waals surface area contributed by atoms with Crippen molar-refractivity contribution in [3.8, 4) is 0 Å². The molecule has 0 aliphatic heterocycles. The van der Waals surface area contributed by atoms with Gasteiger partial charge in [0.2, 0.25) is 0 Å². The highest BCUT2D eigenvalue weighted by molar-refractivity contribution is 7.91. The highest BCUT2D eigenvalue weighted by atomic mass is 32.2. The predicted molar refractivity (Wildman–Crippen MR) is 78.0 cm³/mol. The first-order chi connectivity index (χ1) is 9.03. The molecule has 0 spiro atoms. The van der Waals surface area contributed by atoms with Gasteiger partial charge in [0.15, 0.2) is 9.84 Å². The molecule has 1 unspecified atom stereocenters. The molecule has 0 radical (unpaired) electrons. The van der Waals surface area contributed by atoms with E-state index in [0.29, 0.717) is 10.8 Å². The first-order valence-electron chi connectivity index (χ1n) is 6.99. The van der Waals surface area contributed by atoms with Crippen molar-refractivity contribution in [2.24, 2.45) is 5.92 Å². The van der Waals surface area contributed by atoms with Crippen LogP contribution in [0, 0.1) is 12.8 Å². The standard InChI is InChI=1S/C15H23NO2S/c1-12-6-5-9-14(10-12)19(17,18)11-15(16-2)13-7-3-4-8-13/h5-6,9-10,13,15-16H,3-4,7-8,11H2,1-2H3.